The minimum Gasteiger partial charge on any atom is -0.460 e. The normalized spacial score (nSPS) is 11.1. The Balaban J connectivity index is 2.91. The van der Waals surface area contributed by atoms with Gasteiger partial charge in [0, 0.05) is 5.56 Å². The summed E-state index contributed by atoms with van der Waals surface area (Å²) in [6, 6.07) is 7.82. The number of benzene rings is 1. The van der Waals surface area contributed by atoms with Crippen LogP contribution in [0.3, 0.4) is 0 Å². The first kappa shape index (κ1) is 12.9. The second kappa shape index (κ2) is 5.24. The van der Waals surface area contributed by atoms with E-state index in [0.29, 0.717) is 12.2 Å². The lowest BCUT2D eigenvalue weighted by molar-refractivity contribution is -0.122. The molecule has 0 amide bonds. The third-order valence-electron chi connectivity index (χ3n) is 2.60. The molecule has 0 aliphatic carbocycles. The summed E-state index contributed by atoms with van der Waals surface area (Å²) < 4.78 is 10.3. The highest BCUT2D eigenvalue weighted by Gasteiger charge is 2.22. The molecule has 1 aromatic carbocycles. The van der Waals surface area contributed by atoms with Gasteiger partial charge in [0.2, 0.25) is 8.32 Å². The maximum Gasteiger partial charge on any atom is 0.298 e. The number of carbonyl (C=O) groups excluding carboxylic acids is 1. The van der Waals surface area contributed by atoms with E-state index in [1.165, 1.54) is 5.19 Å². The fourth-order valence-electron chi connectivity index (χ4n) is 1.30. The van der Waals surface area contributed by atoms with Crippen LogP contribution in [0, 0.1) is 0 Å². The molecule has 0 fully saturated rings. The van der Waals surface area contributed by atoms with E-state index in [2.05, 4.69) is 19.7 Å². The quantitative estimate of drug-likeness (QED) is 0.436. The summed E-state index contributed by atoms with van der Waals surface area (Å²) in [7, 11) is -0.957. The Morgan fingerprint density at radius 1 is 1.38 bits per heavy atom. The molecule has 1 rings (SSSR count). The Morgan fingerprint density at radius 2 is 1.94 bits per heavy atom. The van der Waals surface area contributed by atoms with E-state index < -0.39 is 8.32 Å². The molecule has 0 radical (unpaired) electrons. The van der Waals surface area contributed by atoms with Gasteiger partial charge in [-0.1, -0.05) is 30.8 Å². The summed E-state index contributed by atoms with van der Waals surface area (Å²) in [6.07, 6.45) is 0. The highest BCUT2D eigenvalue weighted by Crippen LogP contribution is 2.12. The minimum atomic E-state index is -1.71. The molecule has 0 N–H and O–H groups in total. The molecule has 0 heterocycles. The van der Waals surface area contributed by atoms with E-state index in [9.17, 15) is 4.79 Å². The summed E-state index contributed by atoms with van der Waals surface area (Å²) >= 11 is 0. The predicted molar refractivity (Wildman–Crippen MR) is 70.8 cm³/mol. The Labute approximate surface area is 99.8 Å². The number of rotatable bonds is 5. The third kappa shape index (κ3) is 2.91. The molecule has 0 aliphatic rings. The first-order chi connectivity index (χ1) is 7.51. The van der Waals surface area contributed by atoms with Crippen LogP contribution in [0.5, 0.6) is 0 Å². The molecule has 0 saturated carbocycles. The standard InChI is InChI=1S/C11H16O3Si2/c1-9(13-8-12)10-4-6-11(7-5-10)16(2,3)14-15/h4-8H,1H2,2-3,15H3. The van der Waals surface area contributed by atoms with Gasteiger partial charge in [0.25, 0.3) is 6.47 Å². The van der Waals surface area contributed by atoms with Crippen molar-refractivity contribution in [3.8, 4) is 0 Å². The summed E-state index contributed by atoms with van der Waals surface area (Å²) in [5, 5.41) is 1.23. The fourth-order valence-corrected chi connectivity index (χ4v) is 3.21. The van der Waals surface area contributed by atoms with Crippen molar-refractivity contribution in [2.24, 2.45) is 0 Å². The van der Waals surface area contributed by atoms with Crippen LogP contribution in [0.1, 0.15) is 5.56 Å². The van der Waals surface area contributed by atoms with E-state index in [1.807, 2.05) is 24.3 Å². The lowest BCUT2D eigenvalue weighted by atomic mass is 10.2. The van der Waals surface area contributed by atoms with Crippen LogP contribution in [0.15, 0.2) is 30.8 Å². The van der Waals surface area contributed by atoms with Gasteiger partial charge in [-0.25, -0.2) is 0 Å². The zero-order valence-corrected chi connectivity index (χ0v) is 12.8. The van der Waals surface area contributed by atoms with Crippen LogP contribution in [0.4, 0.5) is 0 Å². The Hall–Kier alpha value is -1.18. The van der Waals surface area contributed by atoms with Gasteiger partial charge in [-0.05, 0) is 18.3 Å². The molecule has 86 valence electrons. The smallest absolute Gasteiger partial charge is 0.298 e. The van der Waals surface area contributed by atoms with Crippen molar-refractivity contribution in [3.05, 3.63) is 36.4 Å². The van der Waals surface area contributed by atoms with Crippen LogP contribution < -0.4 is 5.19 Å². The van der Waals surface area contributed by atoms with Crippen molar-refractivity contribution in [2.45, 2.75) is 13.1 Å². The highest BCUT2D eigenvalue weighted by atomic mass is 28.4. The van der Waals surface area contributed by atoms with Crippen molar-refractivity contribution >= 4 is 36.2 Å². The second-order valence-electron chi connectivity index (χ2n) is 3.93. The topological polar surface area (TPSA) is 35.5 Å². The number of ether oxygens (including phenoxy) is 1. The van der Waals surface area contributed by atoms with Gasteiger partial charge < -0.3 is 8.85 Å². The molecular weight excluding hydrogens is 236 g/mol. The lowest BCUT2D eigenvalue weighted by Crippen LogP contribution is -2.43. The van der Waals surface area contributed by atoms with Gasteiger partial charge in [0.1, 0.15) is 16.2 Å². The van der Waals surface area contributed by atoms with E-state index in [4.69, 9.17) is 8.85 Å². The monoisotopic (exact) mass is 252 g/mol. The maximum atomic E-state index is 10.2. The zero-order valence-electron chi connectivity index (χ0n) is 9.82. The van der Waals surface area contributed by atoms with Crippen molar-refractivity contribution < 1.29 is 13.6 Å². The SMILES string of the molecule is C=C(OC=O)c1ccc([Si](C)(C)O[SiH3])cc1. The number of hydrogen-bond acceptors (Lipinski definition) is 3. The fraction of sp³-hybridized carbons (Fsp3) is 0.182. The molecule has 0 aromatic heterocycles. The first-order valence-electron chi connectivity index (χ1n) is 4.96. The number of hydrogen-bond donors (Lipinski definition) is 0. The van der Waals surface area contributed by atoms with Crippen molar-refractivity contribution in [3.63, 3.8) is 0 Å². The van der Waals surface area contributed by atoms with Crippen molar-refractivity contribution in [2.75, 3.05) is 0 Å². The van der Waals surface area contributed by atoms with Crippen molar-refractivity contribution in [1.29, 1.82) is 0 Å². The average molecular weight is 252 g/mol. The van der Waals surface area contributed by atoms with Gasteiger partial charge in [-0.15, -0.1) is 0 Å². The molecule has 0 spiro atoms. The summed E-state index contributed by atoms with van der Waals surface area (Å²) in [5.74, 6) is 0.368. The molecule has 0 saturated heterocycles. The third-order valence-corrected chi connectivity index (χ3v) is 8.41. The van der Waals surface area contributed by atoms with Gasteiger partial charge >= 0.3 is 0 Å². The van der Waals surface area contributed by atoms with Gasteiger partial charge in [0.15, 0.2) is 0 Å². The van der Waals surface area contributed by atoms with Crippen molar-refractivity contribution in [1.82, 2.24) is 0 Å². The molecule has 0 aliphatic heterocycles. The zero-order chi connectivity index (χ0) is 12.2. The summed E-state index contributed by atoms with van der Waals surface area (Å²) in [4.78, 5) is 10.2. The van der Waals surface area contributed by atoms with Crippen LogP contribution in [-0.2, 0) is 13.6 Å². The summed E-state index contributed by atoms with van der Waals surface area (Å²) in [5.41, 5.74) is 0.814. The first-order valence-corrected chi connectivity index (χ1v) is 8.69. The molecule has 3 nitrogen and oxygen atoms in total. The Morgan fingerprint density at radius 3 is 2.38 bits per heavy atom. The van der Waals surface area contributed by atoms with E-state index in [-0.39, 0.29) is 0 Å². The Kier molecular flexibility index (Phi) is 4.22. The van der Waals surface area contributed by atoms with Gasteiger partial charge in [-0.3, -0.25) is 4.79 Å². The molecule has 0 atom stereocenters. The molecule has 5 heteroatoms. The average Bonchev–Trinajstić information content (AvgIpc) is 2.29. The van der Waals surface area contributed by atoms with Gasteiger partial charge in [-0.2, -0.15) is 0 Å². The molecular formula is C11H16O3Si2. The Bertz CT molecular complexity index is 385. The molecule has 0 bridgehead atoms. The predicted octanol–water partition coefficient (Wildman–Crippen LogP) is 0.539. The maximum absolute atomic E-state index is 10.2. The summed E-state index contributed by atoms with van der Waals surface area (Å²) in [6.45, 7) is 8.36. The molecule has 16 heavy (non-hydrogen) atoms. The largest absolute Gasteiger partial charge is 0.460 e. The second-order valence-corrected chi connectivity index (χ2v) is 9.16. The molecule has 0 unspecified atom stereocenters. The number of carbonyl (C=O) groups is 1. The minimum absolute atomic E-state index is 0.368. The van der Waals surface area contributed by atoms with Crippen LogP contribution >= 0.6 is 0 Å². The van der Waals surface area contributed by atoms with Gasteiger partial charge in [0.05, 0.1) is 0 Å². The van der Waals surface area contributed by atoms with Crippen LogP contribution in [0.25, 0.3) is 5.76 Å². The van der Waals surface area contributed by atoms with Crippen LogP contribution in [-0.4, -0.2) is 25.3 Å². The van der Waals surface area contributed by atoms with Crippen LogP contribution in [0.2, 0.25) is 13.1 Å². The van der Waals surface area contributed by atoms with E-state index >= 15 is 0 Å². The molecule has 1 aromatic rings. The van der Waals surface area contributed by atoms with E-state index in [0.717, 1.165) is 16.0 Å². The van der Waals surface area contributed by atoms with E-state index in [1.54, 1.807) is 0 Å². The lowest BCUT2D eigenvalue weighted by Gasteiger charge is -2.21. The highest BCUT2D eigenvalue weighted by molar-refractivity contribution is 6.86.